The lowest BCUT2D eigenvalue weighted by Gasteiger charge is -2.31. The van der Waals surface area contributed by atoms with Crippen molar-refractivity contribution in [1.82, 2.24) is 24.8 Å². The molecule has 0 aliphatic carbocycles. The molecule has 0 bridgehead atoms. The number of anilines is 1. The first-order valence-electron chi connectivity index (χ1n) is 9.10. The van der Waals surface area contributed by atoms with E-state index in [0.29, 0.717) is 0 Å². The molecule has 31 heavy (non-hydrogen) atoms. The molecule has 1 fully saturated rings. The lowest BCUT2D eigenvalue weighted by atomic mass is 10.1. The minimum atomic E-state index is -1.55. The van der Waals surface area contributed by atoms with Gasteiger partial charge in [0.15, 0.2) is 17.0 Å². The Balaban J connectivity index is 1.90. The van der Waals surface area contributed by atoms with Crippen LogP contribution in [0.15, 0.2) is 12.7 Å². The summed E-state index contributed by atoms with van der Waals surface area (Å²) in [4.78, 5) is 36.2. The number of nitrogens with one attached hydrogen (secondary N) is 2. The fraction of sp³-hybridized carbons (Fsp3) is 0.562. The smallest absolute Gasteiger partial charge is 0.327 e. The van der Waals surface area contributed by atoms with E-state index < -0.39 is 54.1 Å². The molecule has 1 aliphatic heterocycles. The predicted octanol–water partition coefficient (Wildman–Crippen LogP) is -2.73. The highest BCUT2D eigenvalue weighted by Gasteiger charge is 2.56. The largest absolute Gasteiger partial charge is 0.394 e. The van der Waals surface area contributed by atoms with Gasteiger partial charge in [-0.3, -0.25) is 20.0 Å². The van der Waals surface area contributed by atoms with Crippen molar-refractivity contribution in [3.63, 3.8) is 0 Å². The summed E-state index contributed by atoms with van der Waals surface area (Å²) in [6, 6.07) is -2.26. The fourth-order valence-electron chi connectivity index (χ4n) is 3.09. The van der Waals surface area contributed by atoms with Gasteiger partial charge in [0.05, 0.1) is 12.7 Å². The zero-order valence-electron chi connectivity index (χ0n) is 16.5. The Kier molecular flexibility index (Phi) is 6.75. The van der Waals surface area contributed by atoms with E-state index in [4.69, 9.17) is 10.5 Å². The standard InChI is InChI=1S/C16H23N7O7S/c1-6(25)8(17)14(28)22-15(29)21-12-9-13(19-4-18-12)23(5-20-9)16(31-2)11(27)10(26)7(3-24)30-16/h4-8,10-11,24-27H,3,17H2,1-2H3,(H2,18,19,21,22,28,29)/t6-,7-,8+,10-,11-,16+/m1/s1. The first-order chi connectivity index (χ1) is 14.7. The third-order valence-electron chi connectivity index (χ3n) is 4.83. The van der Waals surface area contributed by atoms with E-state index in [2.05, 4.69) is 20.3 Å². The van der Waals surface area contributed by atoms with Crippen LogP contribution in [0.25, 0.3) is 11.2 Å². The van der Waals surface area contributed by atoms with Gasteiger partial charge in [0.25, 0.3) is 0 Å². The lowest BCUT2D eigenvalue weighted by molar-refractivity contribution is -0.123. The molecule has 15 heteroatoms. The van der Waals surface area contributed by atoms with Gasteiger partial charge in [-0.25, -0.2) is 19.7 Å². The van der Waals surface area contributed by atoms with Crippen LogP contribution < -0.4 is 16.4 Å². The Labute approximate surface area is 179 Å². The molecule has 0 spiro atoms. The van der Waals surface area contributed by atoms with Crippen molar-refractivity contribution in [1.29, 1.82) is 0 Å². The summed E-state index contributed by atoms with van der Waals surface area (Å²) in [6.45, 7) is 0.792. The van der Waals surface area contributed by atoms with E-state index >= 15 is 0 Å². The van der Waals surface area contributed by atoms with Gasteiger partial charge in [-0.05, 0) is 13.2 Å². The summed E-state index contributed by atoms with van der Waals surface area (Å²) < 4.78 is 7.10. The monoisotopic (exact) mass is 457 g/mol. The molecule has 2 aromatic rings. The van der Waals surface area contributed by atoms with Crippen molar-refractivity contribution in [3.05, 3.63) is 12.7 Å². The maximum Gasteiger partial charge on any atom is 0.327 e. The summed E-state index contributed by atoms with van der Waals surface area (Å²) in [5.41, 5.74) is 5.74. The molecule has 170 valence electrons. The quantitative estimate of drug-likeness (QED) is 0.235. The number of imide groups is 1. The van der Waals surface area contributed by atoms with E-state index in [0.717, 1.165) is 18.1 Å². The highest BCUT2D eigenvalue weighted by molar-refractivity contribution is 7.99. The number of hydrogen-bond donors (Lipinski definition) is 7. The first-order valence-corrected chi connectivity index (χ1v) is 10.3. The second-order valence-corrected chi connectivity index (χ2v) is 7.82. The number of carbonyl (C=O) groups is 2. The number of urea groups is 1. The Morgan fingerprint density at radius 3 is 2.68 bits per heavy atom. The van der Waals surface area contributed by atoms with Gasteiger partial charge < -0.3 is 30.9 Å². The number of nitrogens with two attached hydrogens (primary N) is 1. The highest BCUT2D eigenvalue weighted by atomic mass is 32.2. The van der Waals surface area contributed by atoms with E-state index in [1.807, 2.05) is 5.32 Å². The van der Waals surface area contributed by atoms with Crippen LogP contribution in [0.3, 0.4) is 0 Å². The third-order valence-corrected chi connectivity index (χ3v) is 5.95. The molecule has 2 aromatic heterocycles. The van der Waals surface area contributed by atoms with Crippen LogP contribution in [0, 0.1) is 0 Å². The molecule has 3 rings (SSSR count). The first kappa shape index (κ1) is 23.3. The van der Waals surface area contributed by atoms with E-state index in [1.54, 1.807) is 6.26 Å². The van der Waals surface area contributed by atoms with Gasteiger partial charge in [0.2, 0.25) is 11.0 Å². The third kappa shape index (κ3) is 4.08. The molecule has 3 heterocycles. The van der Waals surface area contributed by atoms with Crippen LogP contribution in [0.4, 0.5) is 10.6 Å². The minimum absolute atomic E-state index is 0.0531. The van der Waals surface area contributed by atoms with E-state index in [1.165, 1.54) is 17.8 Å². The molecule has 8 N–H and O–H groups in total. The van der Waals surface area contributed by atoms with Crippen LogP contribution in [0.1, 0.15) is 6.92 Å². The number of fused-ring (bicyclic) bond motifs is 1. The predicted molar refractivity (Wildman–Crippen MR) is 108 cm³/mol. The van der Waals surface area contributed by atoms with Crippen LogP contribution in [-0.2, 0) is 14.6 Å². The number of aromatic nitrogens is 4. The van der Waals surface area contributed by atoms with E-state index in [9.17, 15) is 30.0 Å². The average molecular weight is 457 g/mol. The van der Waals surface area contributed by atoms with Crippen molar-refractivity contribution >= 4 is 40.7 Å². The van der Waals surface area contributed by atoms with Crippen LogP contribution >= 0.6 is 11.8 Å². The van der Waals surface area contributed by atoms with Gasteiger partial charge in [-0.15, -0.1) is 11.8 Å². The van der Waals surface area contributed by atoms with Gasteiger partial charge in [-0.2, -0.15) is 0 Å². The van der Waals surface area contributed by atoms with Crippen molar-refractivity contribution in [2.24, 2.45) is 5.73 Å². The number of carbonyl (C=O) groups excluding carboxylic acids is 2. The normalized spacial score (nSPS) is 27.8. The second kappa shape index (κ2) is 8.99. The molecule has 0 unspecified atom stereocenters. The highest BCUT2D eigenvalue weighted by Crippen LogP contribution is 2.44. The number of imidazole rings is 1. The van der Waals surface area contributed by atoms with Gasteiger partial charge >= 0.3 is 6.03 Å². The number of nitrogens with zero attached hydrogens (tertiary/aromatic N) is 4. The van der Waals surface area contributed by atoms with Gasteiger partial charge in [-0.1, -0.05) is 0 Å². The Morgan fingerprint density at radius 2 is 2.10 bits per heavy atom. The molecular formula is C16H23N7O7S. The minimum Gasteiger partial charge on any atom is -0.394 e. The summed E-state index contributed by atoms with van der Waals surface area (Å²) in [7, 11) is 0. The number of thioether (sulfide) groups is 1. The Bertz CT molecular complexity index is 973. The molecule has 0 aromatic carbocycles. The molecule has 0 radical (unpaired) electrons. The number of aliphatic hydroxyl groups excluding tert-OH is 4. The van der Waals surface area contributed by atoms with Gasteiger partial charge in [0.1, 0.15) is 37.0 Å². The molecule has 0 saturated carbocycles. The topological polar surface area (TPSA) is 218 Å². The van der Waals surface area contributed by atoms with Crippen molar-refractivity contribution in [2.45, 2.75) is 42.4 Å². The summed E-state index contributed by atoms with van der Waals surface area (Å²) >= 11 is 1.05. The molecule has 1 aliphatic rings. The van der Waals surface area contributed by atoms with Crippen molar-refractivity contribution < 1.29 is 34.8 Å². The van der Waals surface area contributed by atoms with Crippen molar-refractivity contribution in [3.8, 4) is 0 Å². The summed E-state index contributed by atoms with van der Waals surface area (Å²) in [6.07, 6.45) is -0.942. The average Bonchev–Trinajstić information content (AvgIpc) is 3.28. The molecule has 1 saturated heterocycles. The van der Waals surface area contributed by atoms with E-state index in [-0.39, 0.29) is 17.0 Å². The fourth-order valence-corrected chi connectivity index (χ4v) is 4.03. The molecule has 6 atom stereocenters. The molecular weight excluding hydrogens is 434 g/mol. The van der Waals surface area contributed by atoms with Crippen molar-refractivity contribution in [2.75, 3.05) is 18.2 Å². The number of hydrogen-bond acceptors (Lipinski definition) is 12. The SMILES string of the molecule is CS[C@@]1(n2cnc3c(NC(=O)NC(=O)[C@@H](N)[C@@H](C)O)ncnc32)O[C@H](CO)[C@@H](O)[C@H]1O. The number of amides is 3. The number of aliphatic hydroxyl groups is 4. The Hall–Kier alpha value is -2.40. The van der Waals surface area contributed by atoms with Crippen LogP contribution in [0.5, 0.6) is 0 Å². The summed E-state index contributed by atoms with van der Waals surface area (Å²) in [5, 5.41) is 42.4. The maximum atomic E-state index is 12.1. The second-order valence-electron chi connectivity index (χ2n) is 6.83. The molecule has 3 amide bonds. The number of rotatable bonds is 6. The maximum absolute atomic E-state index is 12.1. The zero-order valence-corrected chi connectivity index (χ0v) is 17.4. The lowest BCUT2D eigenvalue weighted by Crippen LogP contribution is -2.50. The summed E-state index contributed by atoms with van der Waals surface area (Å²) in [5.74, 6) is -0.946. The van der Waals surface area contributed by atoms with Gasteiger partial charge in [0, 0.05) is 0 Å². The van der Waals surface area contributed by atoms with Crippen LogP contribution in [-0.4, -0.2) is 95.2 Å². The zero-order chi connectivity index (χ0) is 22.9. The van der Waals surface area contributed by atoms with Crippen LogP contribution in [0.2, 0.25) is 0 Å². The Morgan fingerprint density at radius 1 is 1.39 bits per heavy atom. The molecule has 14 nitrogen and oxygen atoms in total. The number of ether oxygens (including phenoxy) is 1.